The fourth-order valence-electron chi connectivity index (χ4n) is 1.32. The molecule has 0 aliphatic rings. The van der Waals surface area contributed by atoms with Crippen LogP contribution < -0.4 is 8.37 Å². The Morgan fingerprint density at radius 2 is 0.952 bits per heavy atom. The molecule has 0 atom stereocenters. The zero-order chi connectivity index (χ0) is 15.3. The quantitative estimate of drug-likeness (QED) is 0.742. The van der Waals surface area contributed by atoms with Gasteiger partial charge in [0.05, 0.1) is 0 Å². The van der Waals surface area contributed by atoms with Crippen molar-refractivity contribution in [3.63, 3.8) is 0 Å². The van der Waals surface area contributed by atoms with Crippen LogP contribution in [0.1, 0.15) is 0 Å². The van der Waals surface area contributed by atoms with Crippen LogP contribution in [0, 0.1) is 0 Å². The number of para-hydroxylation sites is 2. The molecule has 0 aromatic heterocycles. The van der Waals surface area contributed by atoms with Crippen LogP contribution >= 0.6 is 9.83 Å². The molecule has 0 saturated heterocycles. The van der Waals surface area contributed by atoms with Crippen molar-refractivity contribution in [2.24, 2.45) is 0 Å². The van der Waals surface area contributed by atoms with Gasteiger partial charge in [-0.25, -0.2) is 0 Å². The van der Waals surface area contributed by atoms with Gasteiger partial charge in [0, 0.05) is 0 Å². The van der Waals surface area contributed by atoms with E-state index >= 15 is 0 Å². The number of hydrogen-bond donors (Lipinski definition) is 0. The van der Waals surface area contributed by atoms with E-state index in [1.807, 2.05) is 0 Å². The smallest absolute Gasteiger partial charge is 0.374 e. The summed E-state index contributed by atoms with van der Waals surface area (Å²) in [6.45, 7) is 0. The van der Waals surface area contributed by atoms with Crippen LogP contribution in [0.25, 0.3) is 0 Å². The van der Waals surface area contributed by atoms with E-state index in [0.29, 0.717) is 0 Å². The van der Waals surface area contributed by atoms with E-state index in [1.165, 1.54) is 24.3 Å². The SMILES string of the molecule is O=S(=O)(Oc1ccccc1)SS(=O)(=O)Oc1ccccc1. The number of benzene rings is 2. The van der Waals surface area contributed by atoms with Crippen LogP contribution in [0.15, 0.2) is 60.7 Å². The monoisotopic (exact) mass is 346 g/mol. The van der Waals surface area contributed by atoms with Crippen molar-refractivity contribution < 1.29 is 25.2 Å². The van der Waals surface area contributed by atoms with Crippen molar-refractivity contribution in [2.45, 2.75) is 0 Å². The Kier molecular flexibility index (Phi) is 4.76. The second kappa shape index (κ2) is 6.37. The molecule has 112 valence electrons. The van der Waals surface area contributed by atoms with Crippen LogP contribution in [-0.4, -0.2) is 16.8 Å². The maximum absolute atomic E-state index is 11.7. The molecule has 2 rings (SSSR count). The molecule has 0 amide bonds. The summed E-state index contributed by atoms with van der Waals surface area (Å²) in [7, 11) is -9.22. The van der Waals surface area contributed by atoms with Gasteiger partial charge in [0.15, 0.2) is 9.83 Å². The van der Waals surface area contributed by atoms with Gasteiger partial charge in [-0.2, -0.15) is 16.8 Å². The van der Waals surface area contributed by atoms with Crippen molar-refractivity contribution >= 4 is 28.1 Å². The molecular weight excluding hydrogens is 336 g/mol. The average molecular weight is 346 g/mol. The molecule has 0 aliphatic carbocycles. The molecule has 0 unspecified atom stereocenters. The first kappa shape index (κ1) is 15.7. The Morgan fingerprint density at radius 3 is 1.29 bits per heavy atom. The highest BCUT2D eigenvalue weighted by molar-refractivity contribution is 9.02. The Labute approximate surface area is 125 Å². The predicted molar refractivity (Wildman–Crippen MR) is 79.6 cm³/mol. The zero-order valence-corrected chi connectivity index (χ0v) is 12.9. The maximum atomic E-state index is 11.7. The van der Waals surface area contributed by atoms with E-state index in [4.69, 9.17) is 0 Å². The molecule has 0 bridgehead atoms. The van der Waals surface area contributed by atoms with E-state index in [-0.39, 0.29) is 11.5 Å². The highest BCUT2D eigenvalue weighted by Gasteiger charge is 2.28. The Morgan fingerprint density at radius 1 is 0.619 bits per heavy atom. The summed E-state index contributed by atoms with van der Waals surface area (Å²) in [6.07, 6.45) is 0. The number of hydrogen-bond acceptors (Lipinski definition) is 7. The molecule has 21 heavy (non-hydrogen) atoms. The Balaban J connectivity index is 2.09. The molecule has 9 heteroatoms. The minimum Gasteiger partial charge on any atom is -0.374 e. The lowest BCUT2D eigenvalue weighted by Gasteiger charge is -2.07. The molecule has 0 radical (unpaired) electrons. The largest absolute Gasteiger partial charge is 0.384 e. The molecule has 0 N–H and O–H groups in total. The maximum Gasteiger partial charge on any atom is 0.384 e. The van der Waals surface area contributed by atoms with Gasteiger partial charge in [0.25, 0.3) is 0 Å². The van der Waals surface area contributed by atoms with Gasteiger partial charge in [-0.3, -0.25) is 0 Å². The second-order valence-electron chi connectivity index (χ2n) is 3.68. The molecule has 0 saturated carbocycles. The van der Waals surface area contributed by atoms with Crippen molar-refractivity contribution in [3.8, 4) is 11.5 Å². The fraction of sp³-hybridized carbons (Fsp3) is 0. The molecule has 2 aromatic rings. The molecule has 0 fully saturated rings. The third kappa shape index (κ3) is 5.29. The van der Waals surface area contributed by atoms with Gasteiger partial charge < -0.3 is 8.37 Å². The highest BCUT2D eigenvalue weighted by Crippen LogP contribution is 2.27. The zero-order valence-electron chi connectivity index (χ0n) is 10.4. The van der Waals surface area contributed by atoms with Crippen LogP contribution in [0.4, 0.5) is 0 Å². The van der Waals surface area contributed by atoms with Crippen LogP contribution in [-0.2, 0) is 18.3 Å². The molecule has 6 nitrogen and oxygen atoms in total. The predicted octanol–water partition coefficient (Wildman–Crippen LogP) is 2.37. The Hall–Kier alpha value is -1.71. The van der Waals surface area contributed by atoms with Crippen LogP contribution in [0.5, 0.6) is 11.5 Å². The van der Waals surface area contributed by atoms with Crippen molar-refractivity contribution in [1.29, 1.82) is 0 Å². The molecular formula is C12H10O6S3. The summed E-state index contributed by atoms with van der Waals surface area (Å²) in [5.41, 5.74) is 0. The highest BCUT2D eigenvalue weighted by atomic mass is 33.5. The lowest BCUT2D eigenvalue weighted by atomic mass is 10.3. The number of rotatable bonds is 6. The van der Waals surface area contributed by atoms with Gasteiger partial charge in [-0.15, -0.1) is 0 Å². The van der Waals surface area contributed by atoms with Gasteiger partial charge in [-0.1, -0.05) is 36.4 Å². The summed E-state index contributed by atoms with van der Waals surface area (Å²) in [6, 6.07) is 15.1. The molecule has 0 heterocycles. The lowest BCUT2D eigenvalue weighted by Crippen LogP contribution is -2.12. The van der Waals surface area contributed by atoms with Gasteiger partial charge in [0.2, 0.25) is 0 Å². The topological polar surface area (TPSA) is 86.7 Å². The Bertz CT molecular complexity index is 716. The minimum absolute atomic E-state index is 0.0138. The van der Waals surface area contributed by atoms with E-state index in [0.717, 1.165) is 0 Å². The van der Waals surface area contributed by atoms with Crippen LogP contribution in [0.2, 0.25) is 0 Å². The second-order valence-corrected chi connectivity index (χ2v) is 9.86. The van der Waals surface area contributed by atoms with Gasteiger partial charge >= 0.3 is 18.3 Å². The summed E-state index contributed by atoms with van der Waals surface area (Å²) in [5.74, 6) is 0.0276. The van der Waals surface area contributed by atoms with E-state index in [9.17, 15) is 16.8 Å². The molecule has 0 aliphatic heterocycles. The van der Waals surface area contributed by atoms with Gasteiger partial charge in [0.1, 0.15) is 11.5 Å². The van der Waals surface area contributed by atoms with E-state index in [1.54, 1.807) is 36.4 Å². The minimum atomic E-state index is -4.41. The summed E-state index contributed by atoms with van der Waals surface area (Å²) in [4.78, 5) is 0. The summed E-state index contributed by atoms with van der Waals surface area (Å²) in [5, 5.41) is 0. The third-order valence-electron chi connectivity index (χ3n) is 2.05. The molecule has 0 spiro atoms. The van der Waals surface area contributed by atoms with Crippen molar-refractivity contribution in [2.75, 3.05) is 0 Å². The first-order valence-corrected chi connectivity index (χ1v) is 10.2. The fourth-order valence-corrected chi connectivity index (χ4v) is 5.86. The summed E-state index contributed by atoms with van der Waals surface area (Å²) >= 11 is 0. The van der Waals surface area contributed by atoms with Crippen molar-refractivity contribution in [1.82, 2.24) is 0 Å². The van der Waals surface area contributed by atoms with E-state index in [2.05, 4.69) is 8.37 Å². The van der Waals surface area contributed by atoms with Gasteiger partial charge in [-0.05, 0) is 24.3 Å². The van der Waals surface area contributed by atoms with Crippen molar-refractivity contribution in [3.05, 3.63) is 60.7 Å². The molecule has 2 aromatic carbocycles. The van der Waals surface area contributed by atoms with Crippen LogP contribution in [0.3, 0.4) is 0 Å². The summed E-state index contributed by atoms with van der Waals surface area (Å²) < 4.78 is 56.1. The standard InChI is InChI=1S/C12H10O6S3/c13-20(14,17-11-7-3-1-4-8-11)19-21(15,16)18-12-9-5-2-6-10-12/h1-10H. The first-order valence-electron chi connectivity index (χ1n) is 5.56. The third-order valence-corrected chi connectivity index (χ3v) is 7.58. The lowest BCUT2D eigenvalue weighted by molar-refractivity contribution is 0.501. The average Bonchev–Trinajstić information content (AvgIpc) is 2.38. The first-order chi connectivity index (χ1) is 9.86. The van der Waals surface area contributed by atoms with E-state index < -0.39 is 28.1 Å². The normalized spacial score (nSPS) is 11.8.